The van der Waals surface area contributed by atoms with Gasteiger partial charge in [-0.15, -0.1) is 0 Å². The summed E-state index contributed by atoms with van der Waals surface area (Å²) in [4.78, 5) is 0. The smallest absolute Gasteiger partial charge is 0.0562 e. The average molecular weight is 635 g/mol. The van der Waals surface area contributed by atoms with Gasteiger partial charge >= 0.3 is 0 Å². The van der Waals surface area contributed by atoms with E-state index in [-0.39, 0.29) is 0 Å². The number of para-hydroxylation sites is 3. The number of fused-ring (bicyclic) bond motifs is 14. The predicted molar refractivity (Wildman–Crippen MR) is 210 cm³/mol. The zero-order valence-corrected chi connectivity index (χ0v) is 27.2. The van der Waals surface area contributed by atoms with E-state index in [0.29, 0.717) is 0 Å². The van der Waals surface area contributed by atoms with Crippen molar-refractivity contribution in [3.63, 3.8) is 0 Å². The van der Waals surface area contributed by atoms with Crippen molar-refractivity contribution in [1.29, 1.82) is 0 Å². The molecule has 232 valence electrons. The third kappa shape index (κ3) is 3.73. The van der Waals surface area contributed by atoms with Crippen LogP contribution in [0.15, 0.2) is 182 Å². The Kier molecular flexibility index (Phi) is 5.70. The normalized spacial score (nSPS) is 12.0. The molecule has 50 heavy (non-hydrogen) atoms. The molecule has 0 unspecified atom stereocenters. The Balaban J connectivity index is 1.27. The van der Waals surface area contributed by atoms with Crippen molar-refractivity contribution in [2.45, 2.75) is 0 Å². The van der Waals surface area contributed by atoms with Crippen LogP contribution in [-0.2, 0) is 0 Å². The highest BCUT2D eigenvalue weighted by Crippen LogP contribution is 2.50. The monoisotopic (exact) mass is 634 g/mol. The minimum atomic E-state index is 1.15. The average Bonchev–Trinajstić information content (AvgIpc) is 3.69. The first kappa shape index (κ1) is 27.3. The molecular formula is C48H30N2. The van der Waals surface area contributed by atoms with Gasteiger partial charge in [0.1, 0.15) is 0 Å². The van der Waals surface area contributed by atoms with Gasteiger partial charge in [-0.25, -0.2) is 0 Å². The van der Waals surface area contributed by atoms with Gasteiger partial charge in [-0.05, 0) is 75.3 Å². The van der Waals surface area contributed by atoms with E-state index in [0.717, 1.165) is 5.69 Å². The summed E-state index contributed by atoms with van der Waals surface area (Å²) in [6.45, 7) is 0. The Morgan fingerprint density at radius 3 is 1.22 bits per heavy atom. The van der Waals surface area contributed by atoms with Crippen LogP contribution in [-0.4, -0.2) is 9.13 Å². The molecule has 2 nitrogen and oxygen atoms in total. The van der Waals surface area contributed by atoms with E-state index in [9.17, 15) is 0 Å². The van der Waals surface area contributed by atoms with E-state index in [1.54, 1.807) is 0 Å². The van der Waals surface area contributed by atoms with Crippen LogP contribution in [0.1, 0.15) is 0 Å². The molecule has 0 saturated heterocycles. The molecule has 0 bridgehead atoms. The summed E-state index contributed by atoms with van der Waals surface area (Å²) < 4.78 is 4.93. The number of hydrogen-bond donors (Lipinski definition) is 0. The van der Waals surface area contributed by atoms with Gasteiger partial charge in [-0.2, -0.15) is 0 Å². The summed E-state index contributed by atoms with van der Waals surface area (Å²) in [5.41, 5.74) is 17.1. The van der Waals surface area contributed by atoms with Crippen LogP contribution in [0.25, 0.3) is 99.5 Å². The fourth-order valence-electron chi connectivity index (χ4n) is 8.63. The molecule has 0 saturated carbocycles. The number of aromatic nitrogens is 2. The van der Waals surface area contributed by atoms with Crippen LogP contribution < -0.4 is 0 Å². The van der Waals surface area contributed by atoms with Crippen molar-refractivity contribution in [2.75, 3.05) is 0 Å². The number of nitrogens with zero attached hydrogens (tertiary/aromatic N) is 2. The van der Waals surface area contributed by atoms with E-state index >= 15 is 0 Å². The highest BCUT2D eigenvalue weighted by atomic mass is 15.0. The molecule has 2 heteroatoms. The van der Waals surface area contributed by atoms with Crippen molar-refractivity contribution in [3.8, 4) is 55.9 Å². The van der Waals surface area contributed by atoms with Crippen molar-refractivity contribution in [1.82, 2.24) is 9.13 Å². The first-order valence-electron chi connectivity index (χ1n) is 17.3. The standard InChI is InChI=1S/C48H30N2/c1-2-15-33-32(14-1)34-16-3-4-17-36(34)42-23-13-27-46(48(42)41-22-6-5-18-35(33)41)50-45-26-12-9-21-39(45)40-29-28-31(30-47(40)50)49-43-24-10-7-19-37(43)38-20-8-11-25-44(38)49/h1-30H. The fraction of sp³-hybridized carbons (Fsp3) is 0. The summed E-state index contributed by atoms with van der Waals surface area (Å²) >= 11 is 0. The summed E-state index contributed by atoms with van der Waals surface area (Å²) in [6.07, 6.45) is 0. The van der Waals surface area contributed by atoms with Crippen molar-refractivity contribution in [3.05, 3.63) is 182 Å². The summed E-state index contributed by atoms with van der Waals surface area (Å²) in [5.74, 6) is 0. The van der Waals surface area contributed by atoms with Gasteiger partial charge in [0, 0.05) is 32.8 Å². The minimum Gasteiger partial charge on any atom is -0.309 e. The molecule has 11 rings (SSSR count). The van der Waals surface area contributed by atoms with Crippen LogP contribution in [0.3, 0.4) is 0 Å². The van der Waals surface area contributed by atoms with E-state index in [4.69, 9.17) is 0 Å². The van der Waals surface area contributed by atoms with Gasteiger partial charge in [0.05, 0.1) is 27.8 Å². The summed E-state index contributed by atoms with van der Waals surface area (Å²) in [7, 11) is 0. The second kappa shape index (κ2) is 10.4. The fourth-order valence-corrected chi connectivity index (χ4v) is 8.63. The predicted octanol–water partition coefficient (Wildman–Crippen LogP) is 12.9. The number of hydrogen-bond acceptors (Lipinski definition) is 0. The van der Waals surface area contributed by atoms with Crippen molar-refractivity contribution >= 4 is 43.6 Å². The number of rotatable bonds is 2. The van der Waals surface area contributed by atoms with E-state index in [1.165, 1.54) is 93.8 Å². The molecule has 0 aliphatic heterocycles. The molecule has 10 aromatic rings. The van der Waals surface area contributed by atoms with Crippen LogP contribution in [0, 0.1) is 0 Å². The Morgan fingerprint density at radius 2 is 0.660 bits per heavy atom. The third-order valence-corrected chi connectivity index (χ3v) is 10.7. The van der Waals surface area contributed by atoms with Gasteiger partial charge in [-0.3, -0.25) is 0 Å². The third-order valence-electron chi connectivity index (χ3n) is 10.7. The molecule has 0 spiro atoms. The molecule has 0 N–H and O–H groups in total. The molecule has 1 aliphatic carbocycles. The Labute approximate surface area is 289 Å². The maximum Gasteiger partial charge on any atom is 0.0562 e. The van der Waals surface area contributed by atoms with E-state index in [1.807, 2.05) is 0 Å². The van der Waals surface area contributed by atoms with Gasteiger partial charge in [0.2, 0.25) is 0 Å². The van der Waals surface area contributed by atoms with Crippen LogP contribution >= 0.6 is 0 Å². The molecule has 0 atom stereocenters. The van der Waals surface area contributed by atoms with E-state index in [2.05, 4.69) is 191 Å². The summed E-state index contributed by atoms with van der Waals surface area (Å²) in [6, 6.07) is 66.9. The largest absolute Gasteiger partial charge is 0.309 e. The van der Waals surface area contributed by atoms with Crippen LogP contribution in [0.5, 0.6) is 0 Å². The lowest BCUT2D eigenvalue weighted by molar-refractivity contribution is 1.16. The molecule has 2 heterocycles. The number of benzene rings is 8. The first-order valence-corrected chi connectivity index (χ1v) is 17.3. The lowest BCUT2D eigenvalue weighted by Gasteiger charge is -2.25. The molecule has 0 amide bonds. The molecule has 0 fully saturated rings. The zero-order chi connectivity index (χ0) is 32.8. The van der Waals surface area contributed by atoms with Crippen molar-refractivity contribution in [2.24, 2.45) is 0 Å². The van der Waals surface area contributed by atoms with Gasteiger partial charge in [0.25, 0.3) is 0 Å². The molecule has 0 radical (unpaired) electrons. The quantitative estimate of drug-likeness (QED) is 0.179. The van der Waals surface area contributed by atoms with Crippen LogP contribution in [0.4, 0.5) is 0 Å². The first-order chi connectivity index (χ1) is 24.8. The maximum atomic E-state index is 2.51. The van der Waals surface area contributed by atoms with Crippen molar-refractivity contribution < 1.29 is 0 Å². The Bertz CT molecular complexity index is 2930. The second-order valence-corrected chi connectivity index (χ2v) is 13.3. The minimum absolute atomic E-state index is 1.15. The maximum absolute atomic E-state index is 2.51. The summed E-state index contributed by atoms with van der Waals surface area (Å²) in [5, 5.41) is 5.03. The molecule has 8 aromatic carbocycles. The van der Waals surface area contributed by atoms with Crippen LogP contribution in [0.2, 0.25) is 0 Å². The van der Waals surface area contributed by atoms with Gasteiger partial charge in [0.15, 0.2) is 0 Å². The topological polar surface area (TPSA) is 9.86 Å². The highest BCUT2D eigenvalue weighted by molar-refractivity contribution is 6.13. The lowest BCUT2D eigenvalue weighted by atomic mass is 9.80. The van der Waals surface area contributed by atoms with Gasteiger partial charge < -0.3 is 9.13 Å². The SMILES string of the molecule is c1ccc2c(c1)-c1ccccc1-c1cccc(-n3c4ccccc4c4ccc(-n5c6ccccc6c6ccccc65)cc43)c1-c1ccccc1-2. The zero-order valence-electron chi connectivity index (χ0n) is 27.2. The lowest BCUT2D eigenvalue weighted by Crippen LogP contribution is -2.03. The molecule has 1 aliphatic rings. The molecular weight excluding hydrogens is 605 g/mol. The van der Waals surface area contributed by atoms with Gasteiger partial charge in [-0.1, -0.05) is 146 Å². The second-order valence-electron chi connectivity index (χ2n) is 13.3. The molecule has 2 aromatic heterocycles. The highest BCUT2D eigenvalue weighted by Gasteiger charge is 2.25. The Morgan fingerprint density at radius 1 is 0.260 bits per heavy atom. The Hall–Kier alpha value is -6.64. The van der Waals surface area contributed by atoms with E-state index < -0.39 is 0 Å².